The van der Waals surface area contributed by atoms with Crippen LogP contribution in [0.4, 0.5) is 0 Å². The van der Waals surface area contributed by atoms with E-state index < -0.39 is 0 Å². The summed E-state index contributed by atoms with van der Waals surface area (Å²) in [6.45, 7) is 10.3. The van der Waals surface area contributed by atoms with Crippen LogP contribution in [0.2, 0.25) is 0 Å². The minimum absolute atomic E-state index is 0.0792. The number of benzene rings is 1. The minimum atomic E-state index is 0.0792. The maximum absolute atomic E-state index is 13.2. The Balaban J connectivity index is 1.80. The van der Waals surface area contributed by atoms with Gasteiger partial charge in [-0.05, 0) is 37.5 Å². The zero-order valence-electron chi connectivity index (χ0n) is 17.2. The fourth-order valence-corrected chi connectivity index (χ4v) is 3.40. The fourth-order valence-electron chi connectivity index (χ4n) is 3.40. The van der Waals surface area contributed by atoms with Crippen molar-refractivity contribution in [3.63, 3.8) is 0 Å². The normalized spacial score (nSPS) is 11.2. The molecule has 148 valence electrons. The Labute approximate surface area is 167 Å². The summed E-state index contributed by atoms with van der Waals surface area (Å²) in [5.41, 5.74) is 4.15. The van der Waals surface area contributed by atoms with E-state index in [1.165, 1.54) is 0 Å². The molecule has 0 aliphatic heterocycles. The van der Waals surface area contributed by atoms with Crippen LogP contribution < -0.4 is 0 Å². The first-order chi connectivity index (χ1) is 13.4. The number of aromatic nitrogens is 2. The van der Waals surface area contributed by atoms with Gasteiger partial charge >= 0.3 is 0 Å². The molecule has 3 rings (SSSR count). The lowest BCUT2D eigenvalue weighted by Crippen LogP contribution is -2.31. The molecule has 0 saturated carbocycles. The van der Waals surface area contributed by atoms with Crippen LogP contribution in [0, 0.1) is 19.8 Å². The standard InChI is InChI=1S/C23H29N3O2/c1-17(2)14-26-19(4)22(18(3)24-26)13-23(27)25(16-21-11-8-12-28-21)15-20-9-6-5-7-10-20/h5-12,17H,13-16H2,1-4H3. The van der Waals surface area contributed by atoms with E-state index in [1.54, 1.807) is 6.26 Å². The molecule has 0 aliphatic rings. The van der Waals surface area contributed by atoms with Crippen molar-refractivity contribution in [3.8, 4) is 0 Å². The predicted octanol–water partition coefficient (Wildman–Crippen LogP) is 4.52. The number of furan rings is 1. The highest BCUT2D eigenvalue weighted by molar-refractivity contribution is 5.79. The molecule has 3 aromatic rings. The molecule has 1 amide bonds. The maximum atomic E-state index is 13.2. The first-order valence-electron chi connectivity index (χ1n) is 9.81. The highest BCUT2D eigenvalue weighted by Crippen LogP contribution is 2.18. The van der Waals surface area contributed by atoms with Crippen LogP contribution >= 0.6 is 0 Å². The Kier molecular flexibility index (Phi) is 6.34. The van der Waals surface area contributed by atoms with E-state index in [9.17, 15) is 4.79 Å². The molecule has 0 N–H and O–H groups in total. The third-order valence-corrected chi connectivity index (χ3v) is 4.89. The molecule has 2 heterocycles. The van der Waals surface area contributed by atoms with Gasteiger partial charge in [0, 0.05) is 24.3 Å². The van der Waals surface area contributed by atoms with Gasteiger partial charge in [-0.2, -0.15) is 5.10 Å². The molecular weight excluding hydrogens is 350 g/mol. The summed E-state index contributed by atoms with van der Waals surface area (Å²) >= 11 is 0. The highest BCUT2D eigenvalue weighted by atomic mass is 16.3. The number of carbonyl (C=O) groups is 1. The molecule has 0 unspecified atom stereocenters. The van der Waals surface area contributed by atoms with Gasteiger partial charge in [-0.25, -0.2) is 0 Å². The first-order valence-corrected chi connectivity index (χ1v) is 9.81. The molecular formula is C23H29N3O2. The highest BCUT2D eigenvalue weighted by Gasteiger charge is 2.21. The van der Waals surface area contributed by atoms with E-state index in [2.05, 4.69) is 25.9 Å². The molecule has 0 aliphatic carbocycles. The average Bonchev–Trinajstić information content (AvgIpc) is 3.25. The van der Waals surface area contributed by atoms with Crippen LogP contribution in [0.25, 0.3) is 0 Å². The summed E-state index contributed by atoms with van der Waals surface area (Å²) in [6.07, 6.45) is 1.99. The van der Waals surface area contributed by atoms with Crippen LogP contribution in [0.5, 0.6) is 0 Å². The molecule has 0 radical (unpaired) electrons. The molecule has 0 saturated heterocycles. The lowest BCUT2D eigenvalue weighted by Gasteiger charge is -2.22. The number of amides is 1. The summed E-state index contributed by atoms with van der Waals surface area (Å²) in [7, 11) is 0. The van der Waals surface area contributed by atoms with Gasteiger partial charge in [-0.1, -0.05) is 44.2 Å². The van der Waals surface area contributed by atoms with Crippen molar-refractivity contribution in [3.05, 3.63) is 77.0 Å². The SMILES string of the molecule is Cc1nn(CC(C)C)c(C)c1CC(=O)N(Cc1ccccc1)Cc1ccco1. The molecule has 0 bridgehead atoms. The van der Waals surface area contributed by atoms with Gasteiger partial charge < -0.3 is 9.32 Å². The lowest BCUT2D eigenvalue weighted by atomic mass is 10.1. The van der Waals surface area contributed by atoms with Crippen LogP contribution in [-0.4, -0.2) is 20.6 Å². The van der Waals surface area contributed by atoms with Gasteiger partial charge in [-0.15, -0.1) is 0 Å². The fraction of sp³-hybridized carbons (Fsp3) is 0.391. The number of nitrogens with zero attached hydrogens (tertiary/aromatic N) is 3. The van der Waals surface area contributed by atoms with Gasteiger partial charge in [0.15, 0.2) is 0 Å². The number of rotatable bonds is 8. The summed E-state index contributed by atoms with van der Waals surface area (Å²) in [5, 5.41) is 4.65. The molecule has 5 nitrogen and oxygen atoms in total. The number of aryl methyl sites for hydroxylation is 1. The summed E-state index contributed by atoms with van der Waals surface area (Å²) in [4.78, 5) is 15.1. The predicted molar refractivity (Wildman–Crippen MR) is 110 cm³/mol. The van der Waals surface area contributed by atoms with E-state index >= 15 is 0 Å². The van der Waals surface area contributed by atoms with E-state index in [0.29, 0.717) is 25.4 Å². The van der Waals surface area contributed by atoms with Crippen LogP contribution in [0.3, 0.4) is 0 Å². The van der Waals surface area contributed by atoms with Crippen molar-refractivity contribution in [1.82, 2.24) is 14.7 Å². The number of hydrogen-bond donors (Lipinski definition) is 0. The second kappa shape index (κ2) is 8.91. The average molecular weight is 380 g/mol. The first kappa shape index (κ1) is 19.9. The van der Waals surface area contributed by atoms with Crippen LogP contribution in [0.15, 0.2) is 53.1 Å². The van der Waals surface area contributed by atoms with Gasteiger partial charge in [0.25, 0.3) is 0 Å². The second-order valence-corrected chi connectivity index (χ2v) is 7.72. The Hall–Kier alpha value is -2.82. The Bertz CT molecular complexity index is 896. The van der Waals surface area contributed by atoms with Crippen molar-refractivity contribution < 1.29 is 9.21 Å². The number of hydrogen-bond acceptors (Lipinski definition) is 3. The molecule has 2 aromatic heterocycles. The lowest BCUT2D eigenvalue weighted by molar-refractivity contribution is -0.132. The zero-order valence-corrected chi connectivity index (χ0v) is 17.2. The van der Waals surface area contributed by atoms with E-state index in [0.717, 1.165) is 34.8 Å². The quantitative estimate of drug-likeness (QED) is 0.578. The topological polar surface area (TPSA) is 51.3 Å². The van der Waals surface area contributed by atoms with E-state index in [4.69, 9.17) is 4.42 Å². The van der Waals surface area contributed by atoms with Gasteiger partial charge in [0.2, 0.25) is 5.91 Å². The molecule has 0 spiro atoms. The van der Waals surface area contributed by atoms with Gasteiger partial charge in [0.05, 0.1) is 24.9 Å². The van der Waals surface area contributed by atoms with E-state index in [-0.39, 0.29) is 5.91 Å². The molecule has 1 aromatic carbocycles. The van der Waals surface area contributed by atoms with Crippen molar-refractivity contribution in [1.29, 1.82) is 0 Å². The van der Waals surface area contributed by atoms with Gasteiger partial charge in [0.1, 0.15) is 5.76 Å². The Morgan fingerprint density at radius 2 is 1.86 bits per heavy atom. The largest absolute Gasteiger partial charge is 0.467 e. The Morgan fingerprint density at radius 1 is 1.11 bits per heavy atom. The molecule has 0 atom stereocenters. The smallest absolute Gasteiger partial charge is 0.227 e. The maximum Gasteiger partial charge on any atom is 0.227 e. The molecule has 28 heavy (non-hydrogen) atoms. The zero-order chi connectivity index (χ0) is 20.1. The number of carbonyl (C=O) groups excluding carboxylic acids is 1. The second-order valence-electron chi connectivity index (χ2n) is 7.72. The van der Waals surface area contributed by atoms with Crippen molar-refractivity contribution in [2.24, 2.45) is 5.92 Å². The Morgan fingerprint density at radius 3 is 2.50 bits per heavy atom. The third-order valence-electron chi connectivity index (χ3n) is 4.89. The van der Waals surface area contributed by atoms with Crippen LogP contribution in [0.1, 0.15) is 42.1 Å². The summed E-state index contributed by atoms with van der Waals surface area (Å²) in [5.74, 6) is 1.37. The van der Waals surface area contributed by atoms with Crippen molar-refractivity contribution in [2.45, 2.75) is 53.8 Å². The van der Waals surface area contributed by atoms with E-state index in [1.807, 2.05) is 59.0 Å². The van der Waals surface area contributed by atoms with Gasteiger partial charge in [-0.3, -0.25) is 9.48 Å². The monoisotopic (exact) mass is 379 g/mol. The molecule has 0 fully saturated rings. The summed E-state index contributed by atoms with van der Waals surface area (Å²) in [6, 6.07) is 13.8. The van der Waals surface area contributed by atoms with Crippen molar-refractivity contribution >= 4 is 5.91 Å². The van der Waals surface area contributed by atoms with Crippen LogP contribution in [-0.2, 0) is 30.8 Å². The third kappa shape index (κ3) is 4.91. The van der Waals surface area contributed by atoms with Crippen molar-refractivity contribution in [2.75, 3.05) is 0 Å². The minimum Gasteiger partial charge on any atom is -0.467 e. The molecule has 5 heteroatoms. The summed E-state index contributed by atoms with van der Waals surface area (Å²) < 4.78 is 7.51.